The lowest BCUT2D eigenvalue weighted by Gasteiger charge is -2.20. The maximum Gasteiger partial charge on any atom is 0.416 e. The van der Waals surface area contributed by atoms with Gasteiger partial charge in [-0.3, -0.25) is 4.79 Å². The molecular formula is C16H20F3NO4. The number of carbonyl (C=O) groups excluding carboxylic acids is 1. The first kappa shape index (κ1) is 20.0. The molecule has 0 aliphatic heterocycles. The summed E-state index contributed by atoms with van der Waals surface area (Å²) in [5, 5.41) is 11.5. The molecule has 1 rings (SSSR count). The van der Waals surface area contributed by atoms with Crippen LogP contribution in [0.25, 0.3) is 0 Å². The number of carboxylic acids is 1. The van der Waals surface area contributed by atoms with Crippen LogP contribution in [0, 0.1) is 0 Å². The van der Waals surface area contributed by atoms with Gasteiger partial charge in [0.05, 0.1) is 11.5 Å². The summed E-state index contributed by atoms with van der Waals surface area (Å²) >= 11 is 0. The zero-order valence-electron chi connectivity index (χ0n) is 13.4. The fourth-order valence-corrected chi connectivity index (χ4v) is 2.27. The quantitative estimate of drug-likeness (QED) is 0.758. The maximum atomic E-state index is 12.8. The monoisotopic (exact) mass is 347 g/mol. The molecule has 1 aromatic rings. The first-order chi connectivity index (χ1) is 11.2. The Hall–Kier alpha value is -2.09. The highest BCUT2D eigenvalue weighted by Gasteiger charge is 2.32. The number of benzene rings is 1. The van der Waals surface area contributed by atoms with Crippen molar-refractivity contribution in [3.63, 3.8) is 0 Å². The molecule has 0 radical (unpaired) electrons. The minimum atomic E-state index is -4.51. The molecule has 0 saturated carbocycles. The van der Waals surface area contributed by atoms with Crippen LogP contribution in [0.1, 0.15) is 36.8 Å². The normalized spacial score (nSPS) is 14.0. The number of alkyl halides is 3. The average Bonchev–Trinajstić information content (AvgIpc) is 2.51. The van der Waals surface area contributed by atoms with Gasteiger partial charge in [-0.05, 0) is 18.1 Å². The molecule has 1 aromatic carbocycles. The largest absolute Gasteiger partial charge is 0.480 e. The van der Waals surface area contributed by atoms with Crippen molar-refractivity contribution < 1.29 is 32.6 Å². The molecule has 8 heteroatoms. The number of hydrogen-bond donors (Lipinski definition) is 2. The van der Waals surface area contributed by atoms with Gasteiger partial charge in [-0.25, -0.2) is 4.79 Å². The van der Waals surface area contributed by atoms with Gasteiger partial charge in [-0.1, -0.05) is 25.1 Å². The van der Waals surface area contributed by atoms with Crippen LogP contribution in [0.2, 0.25) is 0 Å². The van der Waals surface area contributed by atoms with E-state index in [1.165, 1.54) is 19.2 Å². The second-order valence-corrected chi connectivity index (χ2v) is 5.26. The Bertz CT molecular complexity index is 575. The SMILES string of the molecule is CCC(C(=O)NC(CCOC)C(=O)O)c1cccc(C(F)(F)F)c1. The number of carboxylic acid groups (broad SMARTS) is 1. The molecule has 2 unspecified atom stereocenters. The summed E-state index contributed by atoms with van der Waals surface area (Å²) in [5.41, 5.74) is -0.652. The molecule has 134 valence electrons. The molecule has 0 spiro atoms. The summed E-state index contributed by atoms with van der Waals surface area (Å²) in [6, 6.07) is 3.34. The molecule has 0 fully saturated rings. The average molecular weight is 347 g/mol. The van der Waals surface area contributed by atoms with Crippen molar-refractivity contribution in [3.05, 3.63) is 35.4 Å². The summed E-state index contributed by atoms with van der Waals surface area (Å²) in [5.74, 6) is -2.71. The van der Waals surface area contributed by atoms with Crippen molar-refractivity contribution in [2.24, 2.45) is 0 Å². The minimum Gasteiger partial charge on any atom is -0.480 e. The number of hydrogen-bond acceptors (Lipinski definition) is 3. The molecule has 2 N–H and O–H groups in total. The second kappa shape index (κ2) is 8.68. The number of rotatable bonds is 8. The van der Waals surface area contributed by atoms with Crippen molar-refractivity contribution in [3.8, 4) is 0 Å². The molecule has 5 nitrogen and oxygen atoms in total. The van der Waals surface area contributed by atoms with E-state index in [4.69, 9.17) is 9.84 Å². The van der Waals surface area contributed by atoms with Crippen LogP contribution in [0.5, 0.6) is 0 Å². The minimum absolute atomic E-state index is 0.0661. The number of halogens is 3. The topological polar surface area (TPSA) is 75.6 Å². The van der Waals surface area contributed by atoms with E-state index in [0.29, 0.717) is 0 Å². The van der Waals surface area contributed by atoms with Crippen LogP contribution >= 0.6 is 0 Å². The highest BCUT2D eigenvalue weighted by Crippen LogP contribution is 2.31. The van der Waals surface area contributed by atoms with Gasteiger partial charge in [0.15, 0.2) is 0 Å². The molecule has 0 bridgehead atoms. The van der Waals surface area contributed by atoms with E-state index in [1.54, 1.807) is 6.92 Å². The molecule has 0 aromatic heterocycles. The van der Waals surface area contributed by atoms with Crippen molar-refractivity contribution in [1.29, 1.82) is 0 Å². The van der Waals surface area contributed by atoms with Crippen LogP contribution in [-0.2, 0) is 20.5 Å². The van der Waals surface area contributed by atoms with Gasteiger partial charge in [0.25, 0.3) is 0 Å². The van der Waals surface area contributed by atoms with Gasteiger partial charge >= 0.3 is 12.1 Å². The third-order valence-corrected chi connectivity index (χ3v) is 3.57. The highest BCUT2D eigenvalue weighted by atomic mass is 19.4. The molecule has 1 amide bonds. The van der Waals surface area contributed by atoms with Crippen LogP contribution in [0.15, 0.2) is 24.3 Å². The standard InChI is InChI=1S/C16H20F3NO4/c1-3-12(10-5-4-6-11(9-10)16(17,18)19)14(21)20-13(15(22)23)7-8-24-2/h4-6,9,12-13H,3,7-8H2,1-2H3,(H,20,21)(H,22,23). The second-order valence-electron chi connectivity index (χ2n) is 5.26. The van der Waals surface area contributed by atoms with E-state index in [0.717, 1.165) is 12.1 Å². The summed E-state index contributed by atoms with van der Waals surface area (Å²) in [7, 11) is 1.40. The fraction of sp³-hybridized carbons (Fsp3) is 0.500. The molecule has 0 aliphatic rings. The van der Waals surface area contributed by atoms with Crippen LogP contribution in [0.4, 0.5) is 13.2 Å². The molecule has 0 aliphatic carbocycles. The van der Waals surface area contributed by atoms with Crippen molar-refractivity contribution in [1.82, 2.24) is 5.32 Å². The van der Waals surface area contributed by atoms with Gasteiger partial charge in [0.1, 0.15) is 6.04 Å². The lowest BCUT2D eigenvalue weighted by molar-refractivity contribution is -0.142. The van der Waals surface area contributed by atoms with E-state index < -0.39 is 35.6 Å². The lowest BCUT2D eigenvalue weighted by Crippen LogP contribution is -2.43. The first-order valence-electron chi connectivity index (χ1n) is 7.40. The molecule has 0 heterocycles. The zero-order valence-corrected chi connectivity index (χ0v) is 13.4. The van der Waals surface area contributed by atoms with E-state index >= 15 is 0 Å². The predicted octanol–water partition coefficient (Wildman–Crippen LogP) is 2.80. The van der Waals surface area contributed by atoms with E-state index in [9.17, 15) is 22.8 Å². The van der Waals surface area contributed by atoms with Crippen molar-refractivity contribution in [2.45, 2.75) is 37.9 Å². The van der Waals surface area contributed by atoms with Crippen molar-refractivity contribution in [2.75, 3.05) is 13.7 Å². The number of amides is 1. The van der Waals surface area contributed by atoms with Crippen LogP contribution < -0.4 is 5.32 Å². The number of carbonyl (C=O) groups is 2. The smallest absolute Gasteiger partial charge is 0.416 e. The Morgan fingerprint density at radius 2 is 2.00 bits per heavy atom. The third kappa shape index (κ3) is 5.52. The maximum absolute atomic E-state index is 12.8. The van der Waals surface area contributed by atoms with E-state index in [2.05, 4.69) is 5.32 Å². The lowest BCUT2D eigenvalue weighted by atomic mass is 9.93. The Labute approximate surface area is 137 Å². The summed E-state index contributed by atoms with van der Waals surface area (Å²) in [4.78, 5) is 23.5. The van der Waals surface area contributed by atoms with Gasteiger partial charge < -0.3 is 15.2 Å². The van der Waals surface area contributed by atoms with Crippen molar-refractivity contribution >= 4 is 11.9 Å². The summed E-state index contributed by atoms with van der Waals surface area (Å²) in [6.07, 6.45) is -4.20. The predicted molar refractivity (Wildman–Crippen MR) is 80.5 cm³/mol. The third-order valence-electron chi connectivity index (χ3n) is 3.57. The Morgan fingerprint density at radius 3 is 2.50 bits per heavy atom. The number of methoxy groups -OCH3 is 1. The zero-order chi connectivity index (χ0) is 18.3. The molecule has 2 atom stereocenters. The van der Waals surface area contributed by atoms with Gasteiger partial charge in [0.2, 0.25) is 5.91 Å². The molecule has 24 heavy (non-hydrogen) atoms. The van der Waals surface area contributed by atoms with E-state index in [1.807, 2.05) is 0 Å². The Morgan fingerprint density at radius 1 is 1.33 bits per heavy atom. The van der Waals surface area contributed by atoms with Crippen LogP contribution in [0.3, 0.4) is 0 Å². The fourth-order valence-electron chi connectivity index (χ4n) is 2.27. The number of aliphatic carboxylic acids is 1. The summed E-state index contributed by atoms with van der Waals surface area (Å²) < 4.78 is 43.2. The highest BCUT2D eigenvalue weighted by molar-refractivity contribution is 5.88. The first-order valence-corrected chi connectivity index (χ1v) is 7.40. The summed E-state index contributed by atoms with van der Waals surface area (Å²) in [6.45, 7) is 1.78. The van der Waals surface area contributed by atoms with Gasteiger partial charge in [0, 0.05) is 20.1 Å². The molecule has 0 saturated heterocycles. The Balaban J connectivity index is 2.96. The van der Waals surface area contributed by atoms with Crippen LogP contribution in [-0.4, -0.2) is 36.7 Å². The van der Waals surface area contributed by atoms with E-state index in [-0.39, 0.29) is 25.0 Å². The molecular weight excluding hydrogens is 327 g/mol. The van der Waals surface area contributed by atoms with Gasteiger partial charge in [-0.2, -0.15) is 13.2 Å². The number of ether oxygens (including phenoxy) is 1. The van der Waals surface area contributed by atoms with Gasteiger partial charge in [-0.15, -0.1) is 0 Å². The Kier molecular flexibility index (Phi) is 7.21. The number of nitrogens with one attached hydrogen (secondary N) is 1.